The highest BCUT2D eigenvalue weighted by atomic mass is 15.4. The van der Waals surface area contributed by atoms with Gasteiger partial charge in [-0.1, -0.05) is 36.4 Å². The SMILES string of the molecule is CCN(CC)c1ccc(C=NNc2nc3ccccc3nc2NN=Cc2ccc(N(CC)CC)cc2)cc1. The van der Waals surface area contributed by atoms with Gasteiger partial charge in [0.05, 0.1) is 23.5 Å². The Labute approximate surface area is 225 Å². The van der Waals surface area contributed by atoms with Crippen LogP contribution in [0.3, 0.4) is 0 Å². The standard InChI is InChI=1S/C30H36N8/c1-5-37(6-2)25-17-13-23(14-18-25)21-31-35-29-30(34-28-12-10-9-11-27(28)33-29)36-32-22-24-15-19-26(20-16-24)38(7-3)8-4/h9-22H,5-8H2,1-4H3,(H,33,35)(H,34,36). The third-order valence-corrected chi connectivity index (χ3v) is 6.38. The number of aromatic nitrogens is 2. The quantitative estimate of drug-likeness (QED) is 0.175. The summed E-state index contributed by atoms with van der Waals surface area (Å²) in [4.78, 5) is 14.0. The first-order valence-electron chi connectivity index (χ1n) is 13.2. The van der Waals surface area contributed by atoms with Crippen LogP contribution in [0, 0.1) is 0 Å². The fourth-order valence-electron chi connectivity index (χ4n) is 4.21. The van der Waals surface area contributed by atoms with Crippen molar-refractivity contribution in [3.8, 4) is 0 Å². The molecule has 0 aliphatic carbocycles. The van der Waals surface area contributed by atoms with Crippen LogP contribution in [0.15, 0.2) is 83.0 Å². The van der Waals surface area contributed by atoms with Crippen LogP contribution in [-0.4, -0.2) is 48.6 Å². The molecular weight excluding hydrogens is 472 g/mol. The van der Waals surface area contributed by atoms with Gasteiger partial charge < -0.3 is 9.80 Å². The van der Waals surface area contributed by atoms with E-state index in [1.807, 2.05) is 24.3 Å². The summed E-state index contributed by atoms with van der Waals surface area (Å²) in [6.45, 7) is 12.5. The van der Waals surface area contributed by atoms with Crippen molar-refractivity contribution in [1.29, 1.82) is 0 Å². The number of hydrogen-bond acceptors (Lipinski definition) is 8. The van der Waals surface area contributed by atoms with Crippen molar-refractivity contribution in [1.82, 2.24) is 9.97 Å². The number of fused-ring (bicyclic) bond motifs is 1. The van der Waals surface area contributed by atoms with E-state index in [1.54, 1.807) is 12.4 Å². The Hall–Kier alpha value is -4.46. The Morgan fingerprint density at radius 3 is 1.29 bits per heavy atom. The third kappa shape index (κ3) is 6.64. The van der Waals surface area contributed by atoms with E-state index in [2.05, 4.69) is 107 Å². The summed E-state index contributed by atoms with van der Waals surface area (Å²) in [6.07, 6.45) is 3.54. The largest absolute Gasteiger partial charge is 0.372 e. The fraction of sp³-hybridized carbons (Fsp3) is 0.267. The Balaban J connectivity index is 1.49. The predicted molar refractivity (Wildman–Crippen MR) is 162 cm³/mol. The average Bonchev–Trinajstić information content (AvgIpc) is 2.96. The van der Waals surface area contributed by atoms with E-state index in [1.165, 1.54) is 11.4 Å². The van der Waals surface area contributed by atoms with Gasteiger partial charge >= 0.3 is 0 Å². The van der Waals surface area contributed by atoms with Gasteiger partial charge in [0.15, 0.2) is 11.6 Å². The maximum atomic E-state index is 4.71. The summed E-state index contributed by atoms with van der Waals surface area (Å²) in [5.74, 6) is 0.988. The van der Waals surface area contributed by atoms with E-state index < -0.39 is 0 Å². The van der Waals surface area contributed by atoms with Gasteiger partial charge in [-0.25, -0.2) is 9.97 Å². The van der Waals surface area contributed by atoms with Gasteiger partial charge in [0, 0.05) is 37.6 Å². The summed E-state index contributed by atoms with van der Waals surface area (Å²) >= 11 is 0. The number of rotatable bonds is 12. The predicted octanol–water partition coefficient (Wildman–Crippen LogP) is 6.21. The molecule has 0 bridgehead atoms. The molecule has 4 aromatic rings. The Morgan fingerprint density at radius 1 is 0.579 bits per heavy atom. The highest BCUT2D eigenvalue weighted by Gasteiger charge is 2.08. The van der Waals surface area contributed by atoms with Crippen molar-refractivity contribution in [2.24, 2.45) is 10.2 Å². The second-order valence-corrected chi connectivity index (χ2v) is 8.68. The zero-order valence-corrected chi connectivity index (χ0v) is 22.6. The van der Waals surface area contributed by atoms with Gasteiger partial charge in [0.2, 0.25) is 0 Å². The van der Waals surface area contributed by atoms with Crippen molar-refractivity contribution in [3.05, 3.63) is 83.9 Å². The van der Waals surface area contributed by atoms with Gasteiger partial charge in [-0.05, 0) is 75.2 Å². The minimum Gasteiger partial charge on any atom is -0.372 e. The first-order valence-corrected chi connectivity index (χ1v) is 13.2. The van der Waals surface area contributed by atoms with Crippen molar-refractivity contribution in [2.45, 2.75) is 27.7 Å². The molecule has 8 nitrogen and oxygen atoms in total. The lowest BCUT2D eigenvalue weighted by atomic mass is 10.2. The molecule has 3 aromatic carbocycles. The molecular formula is C30H36N8. The van der Waals surface area contributed by atoms with Crippen LogP contribution < -0.4 is 20.7 Å². The van der Waals surface area contributed by atoms with Crippen molar-refractivity contribution >= 4 is 46.5 Å². The molecule has 0 unspecified atom stereocenters. The summed E-state index contributed by atoms with van der Waals surface area (Å²) < 4.78 is 0. The van der Waals surface area contributed by atoms with Gasteiger partial charge in [0.25, 0.3) is 0 Å². The van der Waals surface area contributed by atoms with Crippen molar-refractivity contribution in [3.63, 3.8) is 0 Å². The molecule has 1 aromatic heterocycles. The minimum atomic E-state index is 0.494. The average molecular weight is 509 g/mol. The molecule has 38 heavy (non-hydrogen) atoms. The lowest BCUT2D eigenvalue weighted by molar-refractivity contribution is 0.866. The van der Waals surface area contributed by atoms with Crippen molar-refractivity contribution in [2.75, 3.05) is 46.8 Å². The Kier molecular flexibility index (Phi) is 9.23. The van der Waals surface area contributed by atoms with Crippen LogP contribution in [0.25, 0.3) is 11.0 Å². The number of anilines is 4. The topological polar surface area (TPSA) is 81.0 Å². The van der Waals surface area contributed by atoms with Crippen LogP contribution in [0.5, 0.6) is 0 Å². The lowest BCUT2D eigenvalue weighted by Gasteiger charge is -2.20. The van der Waals surface area contributed by atoms with E-state index in [0.717, 1.165) is 48.3 Å². The first-order chi connectivity index (χ1) is 18.6. The monoisotopic (exact) mass is 508 g/mol. The maximum Gasteiger partial charge on any atom is 0.192 e. The van der Waals surface area contributed by atoms with Crippen molar-refractivity contribution < 1.29 is 0 Å². The zero-order valence-electron chi connectivity index (χ0n) is 22.6. The summed E-state index contributed by atoms with van der Waals surface area (Å²) in [7, 11) is 0. The van der Waals surface area contributed by atoms with E-state index in [9.17, 15) is 0 Å². The molecule has 0 amide bonds. The second-order valence-electron chi connectivity index (χ2n) is 8.68. The molecule has 196 valence electrons. The molecule has 0 fully saturated rings. The molecule has 0 saturated heterocycles. The molecule has 0 aliphatic heterocycles. The maximum absolute atomic E-state index is 4.71. The lowest BCUT2D eigenvalue weighted by Crippen LogP contribution is -2.21. The van der Waals surface area contributed by atoms with Crippen LogP contribution in [0.2, 0.25) is 0 Å². The van der Waals surface area contributed by atoms with E-state index >= 15 is 0 Å². The van der Waals surface area contributed by atoms with E-state index in [-0.39, 0.29) is 0 Å². The molecule has 0 aliphatic rings. The van der Waals surface area contributed by atoms with Gasteiger partial charge in [-0.2, -0.15) is 10.2 Å². The Morgan fingerprint density at radius 2 is 0.947 bits per heavy atom. The summed E-state index contributed by atoms with van der Waals surface area (Å²) in [6, 6.07) is 24.4. The number of hydrazone groups is 2. The minimum absolute atomic E-state index is 0.494. The first kappa shape index (κ1) is 26.6. The molecule has 8 heteroatoms. The number of hydrogen-bond donors (Lipinski definition) is 2. The summed E-state index contributed by atoms with van der Waals surface area (Å²) in [5, 5.41) is 8.83. The number of para-hydroxylation sites is 2. The second kappa shape index (κ2) is 13.2. The third-order valence-electron chi connectivity index (χ3n) is 6.38. The van der Waals surface area contributed by atoms with Gasteiger partial charge in [-0.15, -0.1) is 0 Å². The molecule has 0 atom stereocenters. The Bertz CT molecular complexity index is 1250. The number of nitrogens with zero attached hydrogens (tertiary/aromatic N) is 6. The number of nitrogens with one attached hydrogen (secondary N) is 2. The molecule has 0 saturated carbocycles. The van der Waals surface area contributed by atoms with Gasteiger partial charge in [-0.3, -0.25) is 10.9 Å². The van der Waals surface area contributed by atoms with Gasteiger partial charge in [0.1, 0.15) is 0 Å². The highest BCUT2D eigenvalue weighted by Crippen LogP contribution is 2.22. The number of benzene rings is 3. The molecule has 0 spiro atoms. The highest BCUT2D eigenvalue weighted by molar-refractivity contribution is 5.84. The van der Waals surface area contributed by atoms with Crippen LogP contribution >= 0.6 is 0 Å². The van der Waals surface area contributed by atoms with Crippen LogP contribution in [-0.2, 0) is 0 Å². The summed E-state index contributed by atoms with van der Waals surface area (Å²) in [5.41, 5.74) is 12.0. The smallest absolute Gasteiger partial charge is 0.192 e. The molecule has 2 N–H and O–H groups in total. The molecule has 4 rings (SSSR count). The van der Waals surface area contributed by atoms with E-state index in [4.69, 9.17) is 9.97 Å². The normalized spacial score (nSPS) is 11.4. The zero-order chi connectivity index (χ0) is 26.7. The molecule has 0 radical (unpaired) electrons. The van der Waals surface area contributed by atoms with Crippen LogP contribution in [0.1, 0.15) is 38.8 Å². The fourth-order valence-corrected chi connectivity index (χ4v) is 4.21. The van der Waals surface area contributed by atoms with E-state index in [0.29, 0.717) is 11.6 Å². The van der Waals surface area contributed by atoms with Crippen LogP contribution in [0.4, 0.5) is 23.0 Å². The molecule has 1 heterocycles.